The fourth-order valence-corrected chi connectivity index (χ4v) is 4.01. The Morgan fingerprint density at radius 2 is 2.14 bits per heavy atom. The van der Waals surface area contributed by atoms with Gasteiger partial charge in [-0.1, -0.05) is 0 Å². The maximum Gasteiger partial charge on any atom is 0.246 e. The zero-order chi connectivity index (χ0) is 15.6. The number of sulfonamides is 1. The van der Waals surface area contributed by atoms with Gasteiger partial charge in [0.05, 0.1) is 6.10 Å². The Labute approximate surface area is 122 Å². The lowest BCUT2D eigenvalue weighted by atomic mass is 10.1. The Morgan fingerprint density at radius 3 is 2.76 bits per heavy atom. The molecule has 1 aliphatic heterocycles. The third kappa shape index (κ3) is 3.23. The van der Waals surface area contributed by atoms with E-state index in [1.807, 2.05) is 0 Å². The summed E-state index contributed by atoms with van der Waals surface area (Å²) < 4.78 is 58.7. The van der Waals surface area contributed by atoms with E-state index in [9.17, 15) is 17.2 Å². The van der Waals surface area contributed by atoms with Crippen LogP contribution in [0.25, 0.3) is 0 Å². The molecular formula is C13H18F2N2O3S. The molecule has 118 valence electrons. The molecule has 1 aliphatic rings. The van der Waals surface area contributed by atoms with Gasteiger partial charge in [0.25, 0.3) is 0 Å². The number of hydrogen-bond donors (Lipinski definition) is 1. The highest BCUT2D eigenvalue weighted by atomic mass is 32.2. The second kappa shape index (κ2) is 6.35. The minimum atomic E-state index is -4.11. The predicted octanol–water partition coefficient (Wildman–Crippen LogP) is 1.22. The van der Waals surface area contributed by atoms with Crippen LogP contribution in [0, 0.1) is 11.6 Å². The normalized spacial score (nSPS) is 20.7. The average molecular weight is 320 g/mol. The fourth-order valence-electron chi connectivity index (χ4n) is 2.38. The summed E-state index contributed by atoms with van der Waals surface area (Å²) in [6, 6.07) is 1.99. The summed E-state index contributed by atoms with van der Waals surface area (Å²) in [6.07, 6.45) is 1.11. The van der Waals surface area contributed by atoms with Crippen molar-refractivity contribution in [3.05, 3.63) is 29.3 Å². The van der Waals surface area contributed by atoms with Gasteiger partial charge < -0.3 is 10.5 Å². The maximum absolute atomic E-state index is 13.9. The van der Waals surface area contributed by atoms with E-state index in [0.717, 1.165) is 22.9 Å². The highest BCUT2D eigenvalue weighted by Crippen LogP contribution is 2.26. The van der Waals surface area contributed by atoms with Gasteiger partial charge in [-0.15, -0.1) is 0 Å². The van der Waals surface area contributed by atoms with E-state index in [-0.39, 0.29) is 31.3 Å². The van der Waals surface area contributed by atoms with E-state index < -0.39 is 26.6 Å². The first kappa shape index (κ1) is 16.3. The molecule has 0 bridgehead atoms. The van der Waals surface area contributed by atoms with Crippen LogP contribution in [0.2, 0.25) is 0 Å². The lowest BCUT2D eigenvalue weighted by Gasteiger charge is -2.31. The molecule has 1 atom stereocenters. The second-order valence-electron chi connectivity index (χ2n) is 4.96. The number of halogens is 2. The van der Waals surface area contributed by atoms with Crippen LogP contribution in [0.4, 0.5) is 8.78 Å². The zero-order valence-electron chi connectivity index (χ0n) is 11.7. The lowest BCUT2D eigenvalue weighted by molar-refractivity contribution is 0.0571. The summed E-state index contributed by atoms with van der Waals surface area (Å²) in [5.41, 5.74) is 5.61. The van der Waals surface area contributed by atoms with Gasteiger partial charge in [0, 0.05) is 26.7 Å². The summed E-state index contributed by atoms with van der Waals surface area (Å²) in [5, 5.41) is 0. The van der Waals surface area contributed by atoms with Crippen molar-refractivity contribution in [2.75, 3.05) is 20.2 Å². The van der Waals surface area contributed by atoms with Gasteiger partial charge in [0.1, 0.15) is 4.90 Å². The van der Waals surface area contributed by atoms with E-state index in [1.165, 1.54) is 7.11 Å². The molecule has 1 aromatic rings. The number of nitrogens with two attached hydrogens (primary N) is 1. The van der Waals surface area contributed by atoms with Crippen molar-refractivity contribution in [2.24, 2.45) is 5.73 Å². The molecule has 2 N–H and O–H groups in total. The van der Waals surface area contributed by atoms with Crippen LogP contribution in [0.15, 0.2) is 17.0 Å². The molecular weight excluding hydrogens is 302 g/mol. The Kier molecular flexibility index (Phi) is 4.92. The molecule has 1 unspecified atom stereocenters. The van der Waals surface area contributed by atoms with Gasteiger partial charge in [-0.05, 0) is 30.5 Å². The highest BCUT2D eigenvalue weighted by molar-refractivity contribution is 7.89. The van der Waals surface area contributed by atoms with Gasteiger partial charge in [-0.2, -0.15) is 4.31 Å². The highest BCUT2D eigenvalue weighted by Gasteiger charge is 2.33. The van der Waals surface area contributed by atoms with Crippen molar-refractivity contribution in [1.29, 1.82) is 0 Å². The van der Waals surface area contributed by atoms with Crippen LogP contribution in [-0.4, -0.2) is 39.0 Å². The smallest absolute Gasteiger partial charge is 0.246 e. The summed E-state index contributed by atoms with van der Waals surface area (Å²) in [7, 11) is -2.61. The van der Waals surface area contributed by atoms with Gasteiger partial charge >= 0.3 is 0 Å². The maximum atomic E-state index is 13.9. The van der Waals surface area contributed by atoms with Crippen molar-refractivity contribution in [3.8, 4) is 0 Å². The molecule has 21 heavy (non-hydrogen) atoms. The van der Waals surface area contributed by atoms with Crippen LogP contribution < -0.4 is 5.73 Å². The molecule has 8 heteroatoms. The molecule has 1 fully saturated rings. The monoisotopic (exact) mass is 320 g/mol. The van der Waals surface area contributed by atoms with E-state index in [2.05, 4.69) is 0 Å². The SMILES string of the molecule is COC1CCCN(S(=O)(=O)c2cc(CN)cc(F)c2F)C1. The van der Waals surface area contributed by atoms with Crippen molar-refractivity contribution in [1.82, 2.24) is 4.31 Å². The molecule has 0 amide bonds. The van der Waals surface area contributed by atoms with Crippen LogP contribution in [0.1, 0.15) is 18.4 Å². The minimum absolute atomic E-state index is 0.0690. The quantitative estimate of drug-likeness (QED) is 0.905. The first-order valence-corrected chi connectivity index (χ1v) is 8.05. The predicted molar refractivity (Wildman–Crippen MR) is 73.0 cm³/mol. The number of benzene rings is 1. The molecule has 5 nitrogen and oxygen atoms in total. The van der Waals surface area contributed by atoms with E-state index in [4.69, 9.17) is 10.5 Å². The third-order valence-electron chi connectivity index (χ3n) is 3.58. The number of piperidine rings is 1. The number of nitrogens with zero attached hydrogens (tertiary/aromatic N) is 1. The summed E-state index contributed by atoms with van der Waals surface area (Å²) >= 11 is 0. The molecule has 0 spiro atoms. The number of ether oxygens (including phenoxy) is 1. The van der Waals surface area contributed by atoms with Gasteiger partial charge in [-0.25, -0.2) is 17.2 Å². The number of methoxy groups -OCH3 is 1. The van der Waals surface area contributed by atoms with E-state index >= 15 is 0 Å². The first-order chi connectivity index (χ1) is 9.90. The zero-order valence-corrected chi connectivity index (χ0v) is 12.5. The van der Waals surface area contributed by atoms with E-state index in [1.54, 1.807) is 0 Å². The second-order valence-corrected chi connectivity index (χ2v) is 6.86. The van der Waals surface area contributed by atoms with Crippen LogP contribution in [0.5, 0.6) is 0 Å². The van der Waals surface area contributed by atoms with Crippen molar-refractivity contribution < 1.29 is 21.9 Å². The van der Waals surface area contributed by atoms with Crippen LogP contribution >= 0.6 is 0 Å². The Balaban J connectivity index is 2.41. The van der Waals surface area contributed by atoms with Crippen LogP contribution in [-0.2, 0) is 21.3 Å². The molecule has 2 rings (SSSR count). The summed E-state index contributed by atoms with van der Waals surface area (Å²) in [5.74, 6) is -2.58. The largest absolute Gasteiger partial charge is 0.380 e. The Hall–Kier alpha value is -1.09. The molecule has 0 saturated carbocycles. The van der Waals surface area contributed by atoms with Gasteiger partial charge in [0.2, 0.25) is 10.0 Å². The molecule has 0 radical (unpaired) electrons. The Bertz CT molecular complexity index is 622. The first-order valence-electron chi connectivity index (χ1n) is 6.61. The fraction of sp³-hybridized carbons (Fsp3) is 0.538. The molecule has 0 aromatic heterocycles. The molecule has 0 aliphatic carbocycles. The molecule has 1 aromatic carbocycles. The van der Waals surface area contributed by atoms with Gasteiger partial charge in [0.15, 0.2) is 11.6 Å². The van der Waals surface area contributed by atoms with Crippen molar-refractivity contribution in [2.45, 2.75) is 30.4 Å². The lowest BCUT2D eigenvalue weighted by Crippen LogP contribution is -2.43. The average Bonchev–Trinajstić information content (AvgIpc) is 2.49. The Morgan fingerprint density at radius 1 is 1.43 bits per heavy atom. The van der Waals surface area contributed by atoms with Crippen molar-refractivity contribution in [3.63, 3.8) is 0 Å². The molecule has 1 heterocycles. The standard InChI is InChI=1S/C13H18F2N2O3S/c1-20-10-3-2-4-17(8-10)21(18,19)12-6-9(7-16)5-11(14)13(12)15/h5-6,10H,2-4,7-8,16H2,1H3. The summed E-state index contributed by atoms with van der Waals surface area (Å²) in [4.78, 5) is -0.667. The number of hydrogen-bond acceptors (Lipinski definition) is 4. The third-order valence-corrected chi connectivity index (χ3v) is 5.45. The van der Waals surface area contributed by atoms with Crippen molar-refractivity contribution >= 4 is 10.0 Å². The van der Waals surface area contributed by atoms with E-state index in [0.29, 0.717) is 6.42 Å². The minimum Gasteiger partial charge on any atom is -0.380 e. The molecule has 1 saturated heterocycles. The topological polar surface area (TPSA) is 72.6 Å². The number of rotatable bonds is 4. The van der Waals surface area contributed by atoms with Crippen LogP contribution in [0.3, 0.4) is 0 Å². The summed E-state index contributed by atoms with van der Waals surface area (Å²) in [6.45, 7) is 0.323. The van der Waals surface area contributed by atoms with Gasteiger partial charge in [-0.3, -0.25) is 0 Å².